The summed E-state index contributed by atoms with van der Waals surface area (Å²) in [5.41, 5.74) is 2.02. The summed E-state index contributed by atoms with van der Waals surface area (Å²) in [6, 6.07) is 10.0. The summed E-state index contributed by atoms with van der Waals surface area (Å²) in [7, 11) is 0. The van der Waals surface area contributed by atoms with Gasteiger partial charge in [0, 0.05) is 11.7 Å². The van der Waals surface area contributed by atoms with Crippen LogP contribution in [0.1, 0.15) is 37.9 Å². The van der Waals surface area contributed by atoms with Crippen LogP contribution in [-0.4, -0.2) is 25.2 Å². The predicted octanol–water partition coefficient (Wildman–Crippen LogP) is 4.22. The number of hydrogen-bond donors (Lipinski definition) is 2. The minimum absolute atomic E-state index is 0.0497. The van der Waals surface area contributed by atoms with E-state index in [4.69, 9.17) is 9.47 Å². The Morgan fingerprint density at radius 2 is 1.75 bits per heavy atom. The van der Waals surface area contributed by atoms with E-state index in [1.54, 1.807) is 26.0 Å². The number of amides is 1. The lowest BCUT2D eigenvalue weighted by Crippen LogP contribution is -2.41. The number of aryl methyl sites for hydroxylation is 1. The van der Waals surface area contributed by atoms with Gasteiger partial charge in [-0.15, -0.1) is 0 Å². The summed E-state index contributed by atoms with van der Waals surface area (Å²) in [5, 5.41) is 6.15. The van der Waals surface area contributed by atoms with Crippen LogP contribution in [0.25, 0.3) is 0 Å². The highest BCUT2D eigenvalue weighted by Crippen LogP contribution is 2.34. The van der Waals surface area contributed by atoms with Crippen LogP contribution >= 0.6 is 0 Å². The molecule has 2 atom stereocenters. The van der Waals surface area contributed by atoms with Gasteiger partial charge in [-0.3, -0.25) is 10.1 Å². The third-order valence-electron chi connectivity index (χ3n) is 4.85. The molecule has 1 aliphatic heterocycles. The number of rotatable bonds is 6. The number of carbonyl (C=O) groups is 1. The number of hydrogen-bond acceptors (Lipinski definition) is 4. The number of benzene rings is 2. The zero-order valence-corrected chi connectivity index (χ0v) is 16.7. The first-order valence-electron chi connectivity index (χ1n) is 9.57. The van der Waals surface area contributed by atoms with Crippen LogP contribution < -0.4 is 20.1 Å². The molecule has 0 radical (unpaired) electrons. The fourth-order valence-corrected chi connectivity index (χ4v) is 3.19. The molecule has 1 heterocycles. The first-order chi connectivity index (χ1) is 13.3. The zero-order valence-electron chi connectivity index (χ0n) is 16.7. The van der Waals surface area contributed by atoms with Crippen molar-refractivity contribution in [2.24, 2.45) is 5.92 Å². The number of anilines is 1. The maximum Gasteiger partial charge on any atom is 0.241 e. The number of carbonyl (C=O) groups excluding carboxylic acids is 1. The minimum atomic E-state index is -0.468. The lowest BCUT2D eigenvalue weighted by Gasteiger charge is -2.28. The van der Waals surface area contributed by atoms with Crippen molar-refractivity contribution >= 4 is 11.6 Å². The van der Waals surface area contributed by atoms with Gasteiger partial charge in [-0.05, 0) is 55.2 Å². The summed E-state index contributed by atoms with van der Waals surface area (Å²) in [6.45, 7) is 8.75. The molecule has 0 unspecified atom stereocenters. The van der Waals surface area contributed by atoms with E-state index in [0.29, 0.717) is 24.5 Å². The van der Waals surface area contributed by atoms with Crippen molar-refractivity contribution in [3.05, 3.63) is 53.3 Å². The average Bonchev–Trinajstić information content (AvgIpc) is 2.68. The zero-order chi connectivity index (χ0) is 20.3. The van der Waals surface area contributed by atoms with Crippen molar-refractivity contribution in [3.63, 3.8) is 0 Å². The predicted molar refractivity (Wildman–Crippen MR) is 107 cm³/mol. The lowest BCUT2D eigenvalue weighted by molar-refractivity contribution is -0.118. The molecular weight excluding hydrogens is 359 g/mol. The Hall–Kier alpha value is -2.60. The smallest absolute Gasteiger partial charge is 0.241 e. The monoisotopic (exact) mass is 386 g/mol. The molecule has 2 aromatic carbocycles. The van der Waals surface area contributed by atoms with Gasteiger partial charge < -0.3 is 14.8 Å². The van der Waals surface area contributed by atoms with Gasteiger partial charge in [0.25, 0.3) is 0 Å². The first kappa shape index (κ1) is 20.1. The van der Waals surface area contributed by atoms with Crippen molar-refractivity contribution in [1.29, 1.82) is 0 Å². The van der Waals surface area contributed by atoms with E-state index >= 15 is 0 Å². The van der Waals surface area contributed by atoms with E-state index in [1.807, 2.05) is 18.2 Å². The number of halogens is 1. The Labute approximate surface area is 165 Å². The van der Waals surface area contributed by atoms with Gasteiger partial charge in [0.1, 0.15) is 19.0 Å². The summed E-state index contributed by atoms with van der Waals surface area (Å²) in [5.74, 6) is 1.16. The van der Waals surface area contributed by atoms with Crippen molar-refractivity contribution in [3.8, 4) is 11.5 Å². The molecule has 2 N–H and O–H groups in total. The van der Waals surface area contributed by atoms with Crippen molar-refractivity contribution in [1.82, 2.24) is 5.32 Å². The van der Waals surface area contributed by atoms with E-state index < -0.39 is 6.04 Å². The maximum absolute atomic E-state index is 13.7. The molecule has 0 saturated heterocycles. The second-order valence-electron chi connectivity index (χ2n) is 7.47. The highest BCUT2D eigenvalue weighted by atomic mass is 19.1. The Morgan fingerprint density at radius 3 is 2.43 bits per heavy atom. The van der Waals surface area contributed by atoms with Gasteiger partial charge in [0.2, 0.25) is 5.91 Å². The second kappa shape index (κ2) is 8.61. The average molecular weight is 386 g/mol. The molecule has 0 saturated carbocycles. The molecule has 150 valence electrons. The Morgan fingerprint density at radius 1 is 1.04 bits per heavy atom. The molecule has 1 amide bonds. The molecule has 0 fully saturated rings. The quantitative estimate of drug-likeness (QED) is 0.780. The lowest BCUT2D eigenvalue weighted by atomic mass is 9.94. The van der Waals surface area contributed by atoms with Gasteiger partial charge in [0.05, 0.1) is 6.04 Å². The van der Waals surface area contributed by atoms with E-state index in [9.17, 15) is 9.18 Å². The molecule has 0 aromatic heterocycles. The van der Waals surface area contributed by atoms with E-state index in [-0.39, 0.29) is 23.7 Å². The largest absolute Gasteiger partial charge is 0.486 e. The SMILES string of the molecule is Cc1ccc(NC(=O)[C@@H](C)N[C@H](c2ccc3c(c2)OCCO3)C(C)C)cc1F. The molecule has 2 aromatic rings. The minimum Gasteiger partial charge on any atom is -0.486 e. The number of fused-ring (bicyclic) bond motifs is 1. The Kier molecular flexibility index (Phi) is 6.19. The van der Waals surface area contributed by atoms with Gasteiger partial charge in [0.15, 0.2) is 11.5 Å². The van der Waals surface area contributed by atoms with Crippen LogP contribution in [-0.2, 0) is 4.79 Å². The highest BCUT2D eigenvalue weighted by Gasteiger charge is 2.24. The van der Waals surface area contributed by atoms with Crippen LogP contribution in [0.5, 0.6) is 11.5 Å². The summed E-state index contributed by atoms with van der Waals surface area (Å²) < 4.78 is 25.0. The summed E-state index contributed by atoms with van der Waals surface area (Å²) in [6.07, 6.45) is 0. The maximum atomic E-state index is 13.7. The van der Waals surface area contributed by atoms with E-state index in [0.717, 1.165) is 17.1 Å². The molecule has 5 nitrogen and oxygen atoms in total. The first-order valence-corrected chi connectivity index (χ1v) is 9.57. The highest BCUT2D eigenvalue weighted by molar-refractivity contribution is 5.94. The fraction of sp³-hybridized carbons (Fsp3) is 0.409. The molecule has 3 rings (SSSR count). The van der Waals surface area contributed by atoms with E-state index in [2.05, 4.69) is 24.5 Å². The fourth-order valence-electron chi connectivity index (χ4n) is 3.19. The van der Waals surface area contributed by atoms with Crippen LogP contribution in [0.4, 0.5) is 10.1 Å². The van der Waals surface area contributed by atoms with Crippen molar-refractivity contribution in [2.45, 2.75) is 39.8 Å². The normalized spacial score (nSPS) is 15.2. The van der Waals surface area contributed by atoms with Crippen LogP contribution in [0.2, 0.25) is 0 Å². The molecule has 1 aliphatic rings. The van der Waals surface area contributed by atoms with Crippen molar-refractivity contribution in [2.75, 3.05) is 18.5 Å². The van der Waals surface area contributed by atoms with Gasteiger partial charge in [-0.25, -0.2) is 4.39 Å². The topological polar surface area (TPSA) is 59.6 Å². The standard InChI is InChI=1S/C22H27FN2O3/c1-13(2)21(16-6-8-19-20(11-16)28-10-9-27-19)24-15(4)22(26)25-17-7-5-14(3)18(23)12-17/h5-8,11-13,15,21,24H,9-10H2,1-4H3,(H,25,26)/t15-,21+/m1/s1. The number of nitrogens with one attached hydrogen (secondary N) is 2. The Balaban J connectivity index is 1.71. The van der Waals surface area contributed by atoms with Crippen molar-refractivity contribution < 1.29 is 18.7 Å². The molecule has 28 heavy (non-hydrogen) atoms. The van der Waals surface area contributed by atoms with Gasteiger partial charge in [-0.1, -0.05) is 26.0 Å². The second-order valence-corrected chi connectivity index (χ2v) is 7.47. The molecular formula is C22H27FN2O3. The summed E-state index contributed by atoms with van der Waals surface area (Å²) in [4.78, 5) is 12.6. The van der Waals surface area contributed by atoms with Crippen LogP contribution in [0.15, 0.2) is 36.4 Å². The third-order valence-corrected chi connectivity index (χ3v) is 4.85. The number of ether oxygens (including phenoxy) is 2. The Bertz CT molecular complexity index is 854. The van der Waals surface area contributed by atoms with Crippen LogP contribution in [0.3, 0.4) is 0 Å². The molecule has 0 spiro atoms. The van der Waals surface area contributed by atoms with E-state index in [1.165, 1.54) is 6.07 Å². The molecule has 0 bridgehead atoms. The van der Waals surface area contributed by atoms with Gasteiger partial charge >= 0.3 is 0 Å². The molecule has 0 aliphatic carbocycles. The van der Waals surface area contributed by atoms with Gasteiger partial charge in [-0.2, -0.15) is 0 Å². The van der Waals surface area contributed by atoms with Crippen LogP contribution in [0, 0.1) is 18.7 Å². The third kappa shape index (κ3) is 4.62. The summed E-state index contributed by atoms with van der Waals surface area (Å²) >= 11 is 0. The molecule has 6 heteroatoms.